The SMILES string of the molecule is CN(CC(O)c1ccc(F)c(F)c1)CC(C)(C)S(C)(=O)=O. The summed E-state index contributed by atoms with van der Waals surface area (Å²) >= 11 is 0. The van der Waals surface area contributed by atoms with Crippen LogP contribution in [0.25, 0.3) is 0 Å². The number of hydrogen-bond acceptors (Lipinski definition) is 4. The summed E-state index contributed by atoms with van der Waals surface area (Å²) < 4.78 is 48.3. The molecule has 0 radical (unpaired) electrons. The van der Waals surface area contributed by atoms with Crippen molar-refractivity contribution in [1.82, 2.24) is 4.90 Å². The van der Waals surface area contributed by atoms with Gasteiger partial charge in [-0.05, 0) is 38.6 Å². The second-order valence-electron chi connectivity index (χ2n) is 5.92. The molecule has 1 rings (SSSR count). The Balaban J connectivity index is 2.74. The minimum Gasteiger partial charge on any atom is -0.387 e. The molecule has 0 aliphatic heterocycles. The van der Waals surface area contributed by atoms with Crippen molar-refractivity contribution in [3.8, 4) is 0 Å². The van der Waals surface area contributed by atoms with E-state index in [9.17, 15) is 22.3 Å². The van der Waals surface area contributed by atoms with Crippen LogP contribution in [0.5, 0.6) is 0 Å². The number of rotatable bonds is 6. The van der Waals surface area contributed by atoms with Gasteiger partial charge in [0.2, 0.25) is 0 Å². The van der Waals surface area contributed by atoms with Crippen molar-refractivity contribution in [3.63, 3.8) is 0 Å². The van der Waals surface area contributed by atoms with E-state index in [2.05, 4.69) is 0 Å². The molecular weight excluding hydrogens is 300 g/mol. The molecule has 7 heteroatoms. The number of halogens is 2. The summed E-state index contributed by atoms with van der Waals surface area (Å²) in [5, 5.41) is 10.0. The summed E-state index contributed by atoms with van der Waals surface area (Å²) in [6, 6.07) is 3.20. The highest BCUT2D eigenvalue weighted by Crippen LogP contribution is 2.20. The molecule has 1 aromatic carbocycles. The predicted octanol–water partition coefficient (Wildman–Crippen LogP) is 1.75. The quantitative estimate of drug-likeness (QED) is 0.867. The molecule has 1 unspecified atom stereocenters. The lowest BCUT2D eigenvalue weighted by Crippen LogP contribution is -2.43. The zero-order valence-electron chi connectivity index (χ0n) is 12.6. The molecular formula is C14H21F2NO3S. The maximum atomic E-state index is 13.1. The maximum absolute atomic E-state index is 13.1. The molecule has 4 nitrogen and oxygen atoms in total. The van der Waals surface area contributed by atoms with Crippen molar-refractivity contribution in [3.05, 3.63) is 35.4 Å². The van der Waals surface area contributed by atoms with E-state index in [0.717, 1.165) is 18.4 Å². The fraction of sp³-hybridized carbons (Fsp3) is 0.571. The second kappa shape index (κ2) is 6.37. The third-order valence-corrected chi connectivity index (χ3v) is 5.60. The molecule has 0 aliphatic carbocycles. The predicted molar refractivity (Wildman–Crippen MR) is 77.7 cm³/mol. The molecule has 0 spiro atoms. The number of aliphatic hydroxyl groups excluding tert-OH is 1. The third-order valence-electron chi connectivity index (χ3n) is 3.47. The van der Waals surface area contributed by atoms with Crippen molar-refractivity contribution in [2.24, 2.45) is 0 Å². The van der Waals surface area contributed by atoms with E-state index in [0.29, 0.717) is 0 Å². The van der Waals surface area contributed by atoms with Gasteiger partial charge in [-0.25, -0.2) is 17.2 Å². The molecule has 0 aliphatic rings. The van der Waals surface area contributed by atoms with Crippen LogP contribution in [0.4, 0.5) is 8.78 Å². The van der Waals surface area contributed by atoms with Crippen molar-refractivity contribution < 1.29 is 22.3 Å². The average molecular weight is 321 g/mol. The number of likely N-dealkylation sites (N-methyl/N-ethyl adjacent to an activating group) is 1. The van der Waals surface area contributed by atoms with Crippen LogP contribution in [0.3, 0.4) is 0 Å². The Hall–Kier alpha value is -1.05. The van der Waals surface area contributed by atoms with Crippen LogP contribution in [-0.4, -0.2) is 49.6 Å². The highest BCUT2D eigenvalue weighted by atomic mass is 32.2. The molecule has 1 aromatic rings. The molecule has 1 atom stereocenters. The van der Waals surface area contributed by atoms with Gasteiger partial charge in [0, 0.05) is 19.3 Å². The van der Waals surface area contributed by atoms with E-state index < -0.39 is 32.3 Å². The molecule has 1 N–H and O–H groups in total. The Morgan fingerprint density at radius 2 is 1.86 bits per heavy atom. The Kier molecular flexibility index (Phi) is 5.46. The Bertz CT molecular complexity index is 602. The van der Waals surface area contributed by atoms with E-state index in [1.807, 2.05) is 0 Å². The van der Waals surface area contributed by atoms with Gasteiger partial charge in [0.15, 0.2) is 21.5 Å². The molecule has 0 bridgehead atoms. The Morgan fingerprint density at radius 1 is 1.29 bits per heavy atom. The number of nitrogens with zero attached hydrogens (tertiary/aromatic N) is 1. The summed E-state index contributed by atoms with van der Waals surface area (Å²) in [4.78, 5) is 1.65. The van der Waals surface area contributed by atoms with Crippen LogP contribution in [0, 0.1) is 11.6 Å². The van der Waals surface area contributed by atoms with Crippen LogP contribution in [0.1, 0.15) is 25.5 Å². The van der Waals surface area contributed by atoms with Gasteiger partial charge in [0.25, 0.3) is 0 Å². The molecule has 0 saturated carbocycles. The van der Waals surface area contributed by atoms with Gasteiger partial charge in [0.1, 0.15) is 0 Å². The molecule has 21 heavy (non-hydrogen) atoms. The summed E-state index contributed by atoms with van der Waals surface area (Å²) in [5.74, 6) is -2.00. The monoisotopic (exact) mass is 321 g/mol. The van der Waals surface area contributed by atoms with Gasteiger partial charge >= 0.3 is 0 Å². The van der Waals surface area contributed by atoms with Gasteiger partial charge in [-0.2, -0.15) is 0 Å². The molecule has 0 saturated heterocycles. The molecule has 0 fully saturated rings. The van der Waals surface area contributed by atoms with E-state index in [4.69, 9.17) is 0 Å². The lowest BCUT2D eigenvalue weighted by molar-refractivity contribution is 0.122. The van der Waals surface area contributed by atoms with Crippen molar-refractivity contribution in [2.75, 3.05) is 26.4 Å². The normalized spacial score (nSPS) is 14.5. The van der Waals surface area contributed by atoms with Crippen molar-refractivity contribution >= 4 is 9.84 Å². The van der Waals surface area contributed by atoms with Crippen molar-refractivity contribution in [1.29, 1.82) is 0 Å². The first kappa shape index (κ1) is 18.0. The molecule has 0 heterocycles. The first-order chi connectivity index (χ1) is 9.44. The van der Waals surface area contributed by atoms with Crippen LogP contribution < -0.4 is 0 Å². The zero-order chi connectivity index (χ0) is 16.4. The van der Waals surface area contributed by atoms with Gasteiger partial charge in [-0.3, -0.25) is 0 Å². The minimum atomic E-state index is -3.24. The fourth-order valence-corrected chi connectivity index (χ4v) is 2.41. The third kappa shape index (κ3) is 4.72. The summed E-state index contributed by atoms with van der Waals surface area (Å²) in [6.45, 7) is 3.53. The van der Waals surface area contributed by atoms with Crippen molar-refractivity contribution in [2.45, 2.75) is 24.7 Å². The van der Waals surface area contributed by atoms with E-state index in [1.54, 1.807) is 25.8 Å². The number of benzene rings is 1. The zero-order valence-corrected chi connectivity index (χ0v) is 13.4. The van der Waals surface area contributed by atoms with Crippen LogP contribution in [-0.2, 0) is 9.84 Å². The average Bonchev–Trinajstić information content (AvgIpc) is 2.30. The van der Waals surface area contributed by atoms with Gasteiger partial charge < -0.3 is 10.0 Å². The van der Waals surface area contributed by atoms with E-state index in [-0.39, 0.29) is 18.7 Å². The summed E-state index contributed by atoms with van der Waals surface area (Å²) in [7, 11) is -1.58. The second-order valence-corrected chi connectivity index (χ2v) is 8.57. The van der Waals surface area contributed by atoms with E-state index in [1.165, 1.54) is 6.07 Å². The lowest BCUT2D eigenvalue weighted by Gasteiger charge is -2.30. The maximum Gasteiger partial charge on any atom is 0.159 e. The number of sulfone groups is 1. The van der Waals surface area contributed by atoms with Crippen LogP contribution in [0.2, 0.25) is 0 Å². The number of hydrogen-bond donors (Lipinski definition) is 1. The largest absolute Gasteiger partial charge is 0.387 e. The fourth-order valence-electron chi connectivity index (χ4n) is 1.95. The lowest BCUT2D eigenvalue weighted by atomic mass is 10.1. The standard InChI is InChI=1S/C14H21F2NO3S/c1-14(2,21(4,19)20)9-17(3)8-13(18)10-5-6-11(15)12(16)7-10/h5-7,13,18H,8-9H2,1-4H3. The highest BCUT2D eigenvalue weighted by Gasteiger charge is 2.31. The van der Waals surface area contributed by atoms with Crippen LogP contribution >= 0.6 is 0 Å². The van der Waals surface area contributed by atoms with Crippen LogP contribution in [0.15, 0.2) is 18.2 Å². The highest BCUT2D eigenvalue weighted by molar-refractivity contribution is 7.92. The first-order valence-corrected chi connectivity index (χ1v) is 8.34. The smallest absolute Gasteiger partial charge is 0.159 e. The Labute approximate surface area is 124 Å². The first-order valence-electron chi connectivity index (χ1n) is 6.45. The minimum absolute atomic E-state index is 0.115. The topological polar surface area (TPSA) is 57.6 Å². The molecule has 120 valence electrons. The Morgan fingerprint density at radius 3 is 2.33 bits per heavy atom. The van der Waals surface area contributed by atoms with Gasteiger partial charge in [-0.15, -0.1) is 0 Å². The number of aliphatic hydroxyl groups is 1. The molecule has 0 amide bonds. The summed E-state index contributed by atoms with van der Waals surface area (Å²) in [5.41, 5.74) is 0.248. The van der Waals surface area contributed by atoms with Gasteiger partial charge in [0.05, 0.1) is 10.9 Å². The van der Waals surface area contributed by atoms with E-state index >= 15 is 0 Å². The van der Waals surface area contributed by atoms with Gasteiger partial charge in [-0.1, -0.05) is 6.07 Å². The molecule has 0 aromatic heterocycles. The summed E-state index contributed by atoms with van der Waals surface area (Å²) in [6.07, 6.45) is 0.132.